The van der Waals surface area contributed by atoms with Crippen molar-refractivity contribution in [3.05, 3.63) is 112 Å². The fraction of sp³-hybridized carbons (Fsp3) is 0.361. The summed E-state index contributed by atoms with van der Waals surface area (Å²) in [6, 6.07) is 27.2. The van der Waals surface area contributed by atoms with E-state index in [1.54, 1.807) is 0 Å². The Morgan fingerprint density at radius 2 is 1.70 bits per heavy atom. The molecule has 7 heteroatoms. The molecule has 1 N–H and O–H groups in total. The SMILES string of the molecule is CC1(C(=O)Nc2nc(Cc3ccc(OCCN4CCCCC4)cc3)cs2)CC2(C#N)c3ccccc3C1c1ccccc12. The summed E-state index contributed by atoms with van der Waals surface area (Å²) in [5.74, 6) is 0.670. The van der Waals surface area contributed by atoms with Gasteiger partial charge in [0.05, 0.1) is 17.2 Å². The average molecular weight is 589 g/mol. The lowest BCUT2D eigenvalue weighted by Gasteiger charge is -2.54. The number of fused-ring (bicyclic) bond motifs is 1. The summed E-state index contributed by atoms with van der Waals surface area (Å²) in [7, 11) is 0. The minimum absolute atomic E-state index is 0.0897. The van der Waals surface area contributed by atoms with E-state index in [9.17, 15) is 10.1 Å². The number of piperidine rings is 1. The van der Waals surface area contributed by atoms with Gasteiger partial charge in [0.2, 0.25) is 5.91 Å². The van der Waals surface area contributed by atoms with E-state index in [1.165, 1.54) is 43.7 Å². The van der Waals surface area contributed by atoms with Crippen molar-refractivity contribution < 1.29 is 9.53 Å². The number of nitriles is 1. The highest BCUT2D eigenvalue weighted by molar-refractivity contribution is 7.13. The average Bonchev–Trinajstić information content (AvgIpc) is 3.48. The first-order valence-electron chi connectivity index (χ1n) is 15.3. The quantitative estimate of drug-likeness (QED) is 0.242. The van der Waals surface area contributed by atoms with Crippen LogP contribution in [0.2, 0.25) is 0 Å². The van der Waals surface area contributed by atoms with Gasteiger partial charge in [-0.05, 0) is 79.2 Å². The van der Waals surface area contributed by atoms with Crippen LogP contribution in [0.15, 0.2) is 78.2 Å². The van der Waals surface area contributed by atoms with Crippen molar-refractivity contribution in [3.63, 3.8) is 0 Å². The van der Waals surface area contributed by atoms with Crippen LogP contribution in [0.1, 0.15) is 72.0 Å². The van der Waals surface area contributed by atoms with Crippen LogP contribution < -0.4 is 10.1 Å². The van der Waals surface area contributed by atoms with E-state index in [0.29, 0.717) is 24.6 Å². The number of aromatic nitrogens is 1. The molecule has 1 saturated heterocycles. The lowest BCUT2D eigenvalue weighted by atomic mass is 9.47. The molecule has 1 unspecified atom stereocenters. The van der Waals surface area contributed by atoms with E-state index in [0.717, 1.165) is 45.8 Å². The molecule has 1 aliphatic heterocycles. The standard InChI is InChI=1S/C36H36N4O2S/c1-35(23-36(24-37)30-11-5-3-9-28(30)32(35)29-10-4-6-12-31(29)36)33(41)39-34-38-26(22-43-34)21-25-13-15-27(16-14-25)42-20-19-40-17-7-2-8-18-40/h3-6,9-16,22,32H,2,7-8,17-21,23H2,1H3,(H,38,39,41). The molecule has 2 bridgehead atoms. The number of carbonyl (C=O) groups is 1. The maximum Gasteiger partial charge on any atom is 0.233 e. The van der Waals surface area contributed by atoms with Gasteiger partial charge in [0.25, 0.3) is 0 Å². The predicted molar refractivity (Wildman–Crippen MR) is 170 cm³/mol. The van der Waals surface area contributed by atoms with Crippen molar-refractivity contribution in [3.8, 4) is 11.8 Å². The zero-order valence-electron chi connectivity index (χ0n) is 24.5. The number of ether oxygens (including phenoxy) is 1. The maximum absolute atomic E-state index is 14.1. The van der Waals surface area contributed by atoms with E-state index >= 15 is 0 Å². The van der Waals surface area contributed by atoms with E-state index in [4.69, 9.17) is 9.72 Å². The fourth-order valence-electron chi connectivity index (χ4n) is 7.56. The number of amides is 1. The van der Waals surface area contributed by atoms with Crippen LogP contribution in [0.5, 0.6) is 5.75 Å². The molecule has 1 fully saturated rings. The molecule has 218 valence electrons. The molecular formula is C36H36N4O2S. The molecule has 6 nitrogen and oxygen atoms in total. The third kappa shape index (κ3) is 4.93. The minimum atomic E-state index is -0.856. The van der Waals surface area contributed by atoms with Crippen molar-refractivity contribution >= 4 is 22.4 Å². The van der Waals surface area contributed by atoms with Crippen molar-refractivity contribution in [1.82, 2.24) is 9.88 Å². The molecule has 8 rings (SSSR count). The van der Waals surface area contributed by atoms with Crippen molar-refractivity contribution in [1.29, 1.82) is 5.26 Å². The first-order valence-corrected chi connectivity index (χ1v) is 16.2. The molecule has 3 aliphatic carbocycles. The Balaban J connectivity index is 1.03. The molecule has 1 atom stereocenters. The molecule has 2 heterocycles. The van der Waals surface area contributed by atoms with Crippen LogP contribution in [-0.2, 0) is 16.6 Å². The summed E-state index contributed by atoms with van der Waals surface area (Å²) >= 11 is 1.45. The predicted octanol–water partition coefficient (Wildman–Crippen LogP) is 6.90. The summed E-state index contributed by atoms with van der Waals surface area (Å²) in [5, 5.41) is 16.4. The number of benzene rings is 3. The van der Waals surface area contributed by atoms with Gasteiger partial charge in [-0.1, -0.05) is 67.1 Å². The lowest BCUT2D eigenvalue weighted by molar-refractivity contribution is -0.127. The van der Waals surface area contributed by atoms with Crippen LogP contribution in [0.4, 0.5) is 5.13 Å². The summed E-state index contributed by atoms with van der Waals surface area (Å²) in [4.78, 5) is 21.3. The monoisotopic (exact) mass is 588 g/mol. The topological polar surface area (TPSA) is 78.2 Å². The number of hydrogen-bond acceptors (Lipinski definition) is 6. The second kappa shape index (κ2) is 11.3. The highest BCUT2D eigenvalue weighted by Gasteiger charge is 2.61. The molecule has 1 amide bonds. The molecule has 0 saturated carbocycles. The third-order valence-electron chi connectivity index (χ3n) is 9.65. The molecule has 43 heavy (non-hydrogen) atoms. The van der Waals surface area contributed by atoms with Crippen LogP contribution >= 0.6 is 11.3 Å². The van der Waals surface area contributed by atoms with E-state index < -0.39 is 10.8 Å². The van der Waals surface area contributed by atoms with Gasteiger partial charge < -0.3 is 10.1 Å². The molecule has 4 aromatic rings. The van der Waals surface area contributed by atoms with Gasteiger partial charge in [-0.25, -0.2) is 4.98 Å². The Hall–Kier alpha value is -3.99. The lowest BCUT2D eigenvalue weighted by Crippen LogP contribution is -2.53. The van der Waals surface area contributed by atoms with Gasteiger partial charge in [0.1, 0.15) is 17.8 Å². The minimum Gasteiger partial charge on any atom is -0.492 e. The van der Waals surface area contributed by atoms with Gasteiger partial charge in [-0.2, -0.15) is 5.26 Å². The Labute approximate surface area is 257 Å². The van der Waals surface area contributed by atoms with Crippen molar-refractivity contribution in [2.24, 2.45) is 5.41 Å². The number of hydrogen-bond donors (Lipinski definition) is 1. The number of thiazole rings is 1. The van der Waals surface area contributed by atoms with E-state index in [1.807, 2.05) is 48.7 Å². The number of anilines is 1. The Morgan fingerprint density at radius 1 is 1.02 bits per heavy atom. The first-order chi connectivity index (χ1) is 21.0. The zero-order chi connectivity index (χ0) is 29.4. The number of rotatable bonds is 8. The van der Waals surface area contributed by atoms with Gasteiger partial charge in [0, 0.05) is 24.3 Å². The normalized spacial score (nSPS) is 24.0. The van der Waals surface area contributed by atoms with Gasteiger partial charge in [-0.15, -0.1) is 11.3 Å². The Kier molecular flexibility index (Phi) is 7.28. The third-order valence-corrected chi connectivity index (χ3v) is 10.5. The van der Waals surface area contributed by atoms with E-state index in [-0.39, 0.29) is 11.8 Å². The summed E-state index contributed by atoms with van der Waals surface area (Å²) < 4.78 is 5.99. The maximum atomic E-state index is 14.1. The second-order valence-corrected chi connectivity index (χ2v) is 13.2. The second-order valence-electron chi connectivity index (χ2n) is 12.4. The van der Waals surface area contributed by atoms with Gasteiger partial charge >= 0.3 is 0 Å². The van der Waals surface area contributed by atoms with Crippen molar-refractivity contribution in [2.45, 2.75) is 50.4 Å². The van der Waals surface area contributed by atoms with Crippen LogP contribution in [0, 0.1) is 16.7 Å². The summed E-state index contributed by atoms with van der Waals surface area (Å²) in [6.45, 7) is 6.06. The molecule has 1 aromatic heterocycles. The van der Waals surface area contributed by atoms with Crippen molar-refractivity contribution in [2.75, 3.05) is 31.6 Å². The highest BCUT2D eigenvalue weighted by atomic mass is 32.1. The highest BCUT2D eigenvalue weighted by Crippen LogP contribution is 2.63. The fourth-order valence-corrected chi connectivity index (χ4v) is 8.27. The van der Waals surface area contributed by atoms with Crippen LogP contribution in [-0.4, -0.2) is 42.0 Å². The molecule has 0 spiro atoms. The molecular weight excluding hydrogens is 552 g/mol. The summed E-state index contributed by atoms with van der Waals surface area (Å²) in [6.07, 6.45) is 5.05. The first kappa shape index (κ1) is 27.8. The Morgan fingerprint density at radius 3 is 2.37 bits per heavy atom. The summed E-state index contributed by atoms with van der Waals surface area (Å²) in [5.41, 5.74) is 4.61. The number of nitrogens with one attached hydrogen (secondary N) is 1. The zero-order valence-corrected chi connectivity index (χ0v) is 25.3. The van der Waals surface area contributed by atoms with E-state index in [2.05, 4.69) is 52.7 Å². The molecule has 0 radical (unpaired) electrons. The number of carbonyl (C=O) groups excluding carboxylic acids is 1. The smallest absolute Gasteiger partial charge is 0.233 e. The molecule has 3 aromatic carbocycles. The largest absolute Gasteiger partial charge is 0.492 e. The van der Waals surface area contributed by atoms with Crippen LogP contribution in [0.25, 0.3) is 0 Å². The number of nitrogens with zero attached hydrogens (tertiary/aromatic N) is 3. The Bertz CT molecular complexity index is 1640. The molecule has 4 aliphatic rings. The number of likely N-dealkylation sites (tertiary alicyclic amines) is 1. The van der Waals surface area contributed by atoms with Gasteiger partial charge in [-0.3, -0.25) is 9.69 Å². The van der Waals surface area contributed by atoms with Crippen LogP contribution in [0.3, 0.4) is 0 Å². The van der Waals surface area contributed by atoms with Gasteiger partial charge in [0.15, 0.2) is 5.13 Å².